The highest BCUT2D eigenvalue weighted by Gasteiger charge is 2.17. The van der Waals surface area contributed by atoms with Crippen LogP contribution in [0.5, 0.6) is 0 Å². The lowest BCUT2D eigenvalue weighted by Crippen LogP contribution is -2.32. The van der Waals surface area contributed by atoms with Gasteiger partial charge in [0.1, 0.15) is 5.69 Å². The van der Waals surface area contributed by atoms with Gasteiger partial charge < -0.3 is 15.2 Å². The number of amides is 1. The molecule has 0 saturated carbocycles. The van der Waals surface area contributed by atoms with Crippen molar-refractivity contribution < 1.29 is 9.72 Å². The van der Waals surface area contributed by atoms with Gasteiger partial charge in [-0.25, -0.2) is 0 Å². The second-order valence-electron chi connectivity index (χ2n) is 3.74. The van der Waals surface area contributed by atoms with Gasteiger partial charge in [0.2, 0.25) is 0 Å². The zero-order valence-electron chi connectivity index (χ0n) is 10.6. The monoisotopic (exact) mass is 254 g/mol. The van der Waals surface area contributed by atoms with Gasteiger partial charge in [0.15, 0.2) is 0 Å². The second-order valence-corrected chi connectivity index (χ2v) is 3.74. The molecule has 0 fully saturated rings. The van der Waals surface area contributed by atoms with Crippen LogP contribution in [0.15, 0.2) is 12.3 Å². The first kappa shape index (κ1) is 14.2. The average molecular weight is 254 g/mol. The molecule has 1 rings (SSSR count). The molecule has 18 heavy (non-hydrogen) atoms. The molecule has 2 N–H and O–H groups in total. The fourth-order valence-electron chi connectivity index (χ4n) is 1.58. The van der Waals surface area contributed by atoms with Crippen molar-refractivity contribution in [1.82, 2.24) is 15.2 Å². The van der Waals surface area contributed by atoms with Crippen molar-refractivity contribution in [3.8, 4) is 0 Å². The van der Waals surface area contributed by atoms with Crippen molar-refractivity contribution in [3.63, 3.8) is 0 Å². The maximum absolute atomic E-state index is 11.8. The molecule has 1 aromatic heterocycles. The van der Waals surface area contributed by atoms with Gasteiger partial charge in [-0.15, -0.1) is 0 Å². The molecule has 1 amide bonds. The summed E-state index contributed by atoms with van der Waals surface area (Å²) in [5.41, 5.74) is 0.259. The number of hydrogen-bond donors (Lipinski definition) is 2. The van der Waals surface area contributed by atoms with E-state index >= 15 is 0 Å². The fraction of sp³-hybridized carbons (Fsp3) is 0.545. The molecule has 7 heteroatoms. The number of likely N-dealkylation sites (N-methyl/N-ethyl adjacent to an activating group) is 1. The Morgan fingerprint density at radius 3 is 2.72 bits per heavy atom. The summed E-state index contributed by atoms with van der Waals surface area (Å²) in [6.45, 7) is 6.34. The molecule has 0 bridgehead atoms. The SMILES string of the molecule is CCNCCNC(=O)c1cc([N+](=O)[O-])cn1CC. The first-order valence-electron chi connectivity index (χ1n) is 5.93. The number of nitro groups is 1. The molecule has 7 nitrogen and oxygen atoms in total. The summed E-state index contributed by atoms with van der Waals surface area (Å²) in [5.74, 6) is -0.289. The molecule has 0 spiro atoms. The molecule has 0 saturated heterocycles. The van der Waals surface area contributed by atoms with Crippen LogP contribution in [0.25, 0.3) is 0 Å². The minimum atomic E-state index is -0.498. The van der Waals surface area contributed by atoms with E-state index in [9.17, 15) is 14.9 Å². The molecule has 100 valence electrons. The number of carbonyl (C=O) groups is 1. The number of carbonyl (C=O) groups excluding carboxylic acids is 1. The van der Waals surface area contributed by atoms with E-state index in [1.54, 1.807) is 4.57 Å². The molecule has 1 aromatic rings. The highest BCUT2D eigenvalue weighted by molar-refractivity contribution is 5.93. The van der Waals surface area contributed by atoms with E-state index in [0.717, 1.165) is 6.54 Å². The zero-order chi connectivity index (χ0) is 13.5. The standard InChI is InChI=1S/C11H18N4O3/c1-3-12-5-6-13-11(16)10-7-9(15(17)18)8-14(10)4-2/h7-8,12H,3-6H2,1-2H3,(H,13,16). The summed E-state index contributed by atoms with van der Waals surface area (Å²) >= 11 is 0. The molecule has 0 aromatic carbocycles. The highest BCUT2D eigenvalue weighted by atomic mass is 16.6. The van der Waals surface area contributed by atoms with Crippen LogP contribution < -0.4 is 10.6 Å². The Bertz CT molecular complexity index is 428. The first-order chi connectivity index (χ1) is 8.60. The maximum Gasteiger partial charge on any atom is 0.287 e. The average Bonchev–Trinajstić information content (AvgIpc) is 2.78. The molecule has 1 heterocycles. The van der Waals surface area contributed by atoms with Gasteiger partial charge in [0.25, 0.3) is 11.6 Å². The van der Waals surface area contributed by atoms with Crippen molar-refractivity contribution in [3.05, 3.63) is 28.1 Å². The molecule has 0 aliphatic carbocycles. The minimum absolute atomic E-state index is 0.0614. The van der Waals surface area contributed by atoms with Crippen LogP contribution in [0.3, 0.4) is 0 Å². The van der Waals surface area contributed by atoms with Crippen LogP contribution in [0.1, 0.15) is 24.3 Å². The number of nitrogens with one attached hydrogen (secondary N) is 2. The maximum atomic E-state index is 11.8. The largest absolute Gasteiger partial charge is 0.349 e. The lowest BCUT2D eigenvalue weighted by atomic mass is 10.3. The summed E-state index contributed by atoms with van der Waals surface area (Å²) in [4.78, 5) is 22.0. The van der Waals surface area contributed by atoms with Crippen LogP contribution in [-0.2, 0) is 6.54 Å². The topological polar surface area (TPSA) is 89.2 Å². The van der Waals surface area contributed by atoms with Gasteiger partial charge in [-0.05, 0) is 13.5 Å². The first-order valence-corrected chi connectivity index (χ1v) is 5.93. The molecular weight excluding hydrogens is 236 g/mol. The van der Waals surface area contributed by atoms with Gasteiger partial charge in [-0.3, -0.25) is 14.9 Å². The second kappa shape index (κ2) is 6.75. The van der Waals surface area contributed by atoms with Crippen molar-refractivity contribution in [2.75, 3.05) is 19.6 Å². The predicted molar refractivity (Wildman–Crippen MR) is 67.6 cm³/mol. The van der Waals surface area contributed by atoms with Crippen LogP contribution in [0.4, 0.5) is 5.69 Å². The summed E-state index contributed by atoms with van der Waals surface area (Å²) in [7, 11) is 0. The molecule has 0 aliphatic rings. The Morgan fingerprint density at radius 1 is 1.44 bits per heavy atom. The van der Waals surface area contributed by atoms with Gasteiger partial charge >= 0.3 is 0 Å². The lowest BCUT2D eigenvalue weighted by Gasteiger charge is -2.07. The molecule has 0 atom stereocenters. The van der Waals surface area contributed by atoms with E-state index in [0.29, 0.717) is 25.3 Å². The Balaban J connectivity index is 2.69. The smallest absolute Gasteiger partial charge is 0.287 e. The van der Waals surface area contributed by atoms with Gasteiger partial charge in [-0.2, -0.15) is 0 Å². The van der Waals surface area contributed by atoms with Crippen molar-refractivity contribution in [2.45, 2.75) is 20.4 Å². The number of hydrogen-bond acceptors (Lipinski definition) is 4. The Morgan fingerprint density at radius 2 is 2.17 bits per heavy atom. The Labute approximate surface area is 105 Å². The number of aromatic nitrogens is 1. The summed E-state index contributed by atoms with van der Waals surface area (Å²) < 4.78 is 1.57. The fourth-order valence-corrected chi connectivity index (χ4v) is 1.58. The van der Waals surface area contributed by atoms with E-state index in [-0.39, 0.29) is 11.6 Å². The van der Waals surface area contributed by atoms with Crippen molar-refractivity contribution in [1.29, 1.82) is 0 Å². The zero-order valence-corrected chi connectivity index (χ0v) is 10.6. The number of aryl methyl sites for hydroxylation is 1. The molecule has 0 aliphatic heterocycles. The minimum Gasteiger partial charge on any atom is -0.349 e. The van der Waals surface area contributed by atoms with Gasteiger partial charge in [0.05, 0.1) is 11.1 Å². The van der Waals surface area contributed by atoms with Crippen molar-refractivity contribution in [2.24, 2.45) is 0 Å². The highest BCUT2D eigenvalue weighted by Crippen LogP contribution is 2.16. The van der Waals surface area contributed by atoms with Crippen LogP contribution in [0, 0.1) is 10.1 Å². The van der Waals surface area contributed by atoms with E-state index in [1.807, 2.05) is 13.8 Å². The summed E-state index contributed by atoms with van der Waals surface area (Å²) in [6, 6.07) is 1.30. The van der Waals surface area contributed by atoms with Crippen molar-refractivity contribution >= 4 is 11.6 Å². The number of nitrogens with zero attached hydrogens (tertiary/aromatic N) is 2. The Hall–Kier alpha value is -1.89. The molecular formula is C11H18N4O3. The van der Waals surface area contributed by atoms with Crippen LogP contribution in [-0.4, -0.2) is 35.0 Å². The third-order valence-corrected chi connectivity index (χ3v) is 2.50. The van der Waals surface area contributed by atoms with Gasteiger partial charge in [0, 0.05) is 25.7 Å². The van der Waals surface area contributed by atoms with Crippen LogP contribution >= 0.6 is 0 Å². The molecule has 0 unspecified atom stereocenters. The normalized spacial score (nSPS) is 10.3. The van der Waals surface area contributed by atoms with E-state index < -0.39 is 4.92 Å². The Kier molecular flexibility index (Phi) is 5.31. The predicted octanol–water partition coefficient (Wildman–Crippen LogP) is 0.755. The summed E-state index contributed by atoms with van der Waals surface area (Å²) in [6.07, 6.45) is 1.37. The van der Waals surface area contributed by atoms with Gasteiger partial charge in [-0.1, -0.05) is 6.92 Å². The third kappa shape index (κ3) is 3.56. The summed E-state index contributed by atoms with van der Waals surface area (Å²) in [5, 5.41) is 16.4. The van der Waals surface area contributed by atoms with E-state index in [2.05, 4.69) is 10.6 Å². The quantitative estimate of drug-likeness (QED) is 0.427. The van der Waals surface area contributed by atoms with E-state index in [4.69, 9.17) is 0 Å². The lowest BCUT2D eigenvalue weighted by molar-refractivity contribution is -0.384. The van der Waals surface area contributed by atoms with E-state index in [1.165, 1.54) is 12.3 Å². The van der Waals surface area contributed by atoms with Crippen LogP contribution in [0.2, 0.25) is 0 Å². The third-order valence-electron chi connectivity index (χ3n) is 2.50. The number of rotatable bonds is 7. The molecule has 0 radical (unpaired) electrons.